The topological polar surface area (TPSA) is 104 Å². The fourth-order valence-electron chi connectivity index (χ4n) is 6.18. The van der Waals surface area contributed by atoms with E-state index < -0.39 is 5.82 Å². The van der Waals surface area contributed by atoms with Crippen LogP contribution in [0.15, 0.2) is 30.3 Å². The highest BCUT2D eigenvalue weighted by molar-refractivity contribution is 5.94. The Morgan fingerprint density at radius 1 is 1.24 bits per heavy atom. The Kier molecular flexibility index (Phi) is 6.66. The average Bonchev–Trinajstić information content (AvgIpc) is 3.54. The van der Waals surface area contributed by atoms with E-state index >= 15 is 0 Å². The van der Waals surface area contributed by atoms with Crippen LogP contribution >= 0.6 is 0 Å². The van der Waals surface area contributed by atoms with Gasteiger partial charge in [0.05, 0.1) is 28.5 Å². The highest BCUT2D eigenvalue weighted by Crippen LogP contribution is 2.35. The van der Waals surface area contributed by atoms with Crippen LogP contribution < -0.4 is 0 Å². The van der Waals surface area contributed by atoms with Crippen molar-refractivity contribution in [3.05, 3.63) is 53.1 Å². The average molecular weight is 560 g/mol. The summed E-state index contributed by atoms with van der Waals surface area (Å²) in [6, 6.07) is 8.68. The molecular weight excluding hydrogens is 521 g/mol. The fourth-order valence-corrected chi connectivity index (χ4v) is 6.18. The smallest absolute Gasteiger partial charge is 0.240 e. The summed E-state index contributed by atoms with van der Waals surface area (Å²) in [5, 5.41) is 18.4. The van der Waals surface area contributed by atoms with Crippen LogP contribution in [0.2, 0.25) is 0 Å². The van der Waals surface area contributed by atoms with Gasteiger partial charge in [-0.25, -0.2) is 9.37 Å². The van der Waals surface area contributed by atoms with Crippen LogP contribution in [0.4, 0.5) is 4.39 Å². The molecule has 3 N–H and O–H groups in total. The predicted molar refractivity (Wildman–Crippen MR) is 157 cm³/mol. The van der Waals surface area contributed by atoms with Gasteiger partial charge in [-0.1, -0.05) is 13.0 Å². The molecule has 2 aliphatic heterocycles. The van der Waals surface area contributed by atoms with Crippen molar-refractivity contribution in [2.45, 2.75) is 64.7 Å². The summed E-state index contributed by atoms with van der Waals surface area (Å²) in [5.74, 6) is -0.144. The number of aryl methyl sites for hydroxylation is 1. The molecule has 0 spiro atoms. The normalized spacial score (nSPS) is 18.8. The Balaban J connectivity index is 1.29. The van der Waals surface area contributed by atoms with Crippen molar-refractivity contribution < 1.29 is 14.3 Å². The number of likely N-dealkylation sites (tertiary alicyclic amines) is 1. The second kappa shape index (κ2) is 9.95. The molecule has 6 rings (SSSR count). The summed E-state index contributed by atoms with van der Waals surface area (Å²) in [6.45, 7) is 10.5. The van der Waals surface area contributed by atoms with Crippen molar-refractivity contribution >= 4 is 16.8 Å². The number of phenols is 1. The number of hydrogen-bond acceptors (Lipinski definition) is 6. The van der Waals surface area contributed by atoms with Crippen molar-refractivity contribution in [2.24, 2.45) is 0 Å². The first kappa shape index (κ1) is 27.4. The highest BCUT2D eigenvalue weighted by atomic mass is 19.1. The van der Waals surface area contributed by atoms with Crippen molar-refractivity contribution in [1.29, 1.82) is 0 Å². The lowest BCUT2D eigenvalue weighted by molar-refractivity contribution is -0.150. The molecule has 1 fully saturated rings. The molecule has 0 saturated carbocycles. The van der Waals surface area contributed by atoms with Crippen LogP contribution in [0, 0.1) is 5.82 Å². The van der Waals surface area contributed by atoms with Crippen molar-refractivity contribution in [2.75, 3.05) is 27.2 Å². The van der Waals surface area contributed by atoms with Gasteiger partial charge in [0.1, 0.15) is 5.69 Å². The van der Waals surface area contributed by atoms with Gasteiger partial charge >= 0.3 is 0 Å². The molecule has 4 heterocycles. The van der Waals surface area contributed by atoms with E-state index in [4.69, 9.17) is 4.98 Å². The van der Waals surface area contributed by atoms with Gasteiger partial charge in [-0.15, -0.1) is 0 Å². The van der Waals surface area contributed by atoms with E-state index in [2.05, 4.69) is 59.8 Å². The number of aromatic nitrogens is 4. The molecule has 10 heteroatoms. The van der Waals surface area contributed by atoms with E-state index in [1.807, 2.05) is 30.0 Å². The molecule has 0 unspecified atom stereocenters. The monoisotopic (exact) mass is 559 g/mol. The maximum absolute atomic E-state index is 14.2. The summed E-state index contributed by atoms with van der Waals surface area (Å²) in [7, 11) is 4.13. The van der Waals surface area contributed by atoms with Crippen molar-refractivity contribution in [3.8, 4) is 28.4 Å². The van der Waals surface area contributed by atoms with E-state index in [9.17, 15) is 14.3 Å². The second-order valence-electron chi connectivity index (χ2n) is 12.2. The number of imidazole rings is 1. The zero-order chi connectivity index (χ0) is 29.2. The van der Waals surface area contributed by atoms with Gasteiger partial charge in [-0.05, 0) is 82.2 Å². The number of benzene rings is 2. The molecule has 41 heavy (non-hydrogen) atoms. The molecular formula is C31H38FN7O2. The van der Waals surface area contributed by atoms with E-state index in [1.165, 1.54) is 12.1 Å². The van der Waals surface area contributed by atoms with Gasteiger partial charge in [-0.2, -0.15) is 5.10 Å². The molecule has 1 atom stereocenters. The van der Waals surface area contributed by atoms with Crippen LogP contribution in [0.5, 0.6) is 5.75 Å². The van der Waals surface area contributed by atoms with E-state index in [0.717, 1.165) is 52.1 Å². The molecule has 1 amide bonds. The largest absolute Gasteiger partial charge is 0.505 e. The number of carbonyl (C=O) groups is 1. The Hall–Kier alpha value is -3.76. The standard InChI is InChI=1S/C31H38FN7O2/c1-7-18-11-27(40)22(32)12-21(18)19-8-9-20-23(10-19)35-36-28(20)29-33-24-13-26(39(17(2)3)14-25(24)34-29)30(41)38-15-31(4,16-38)37(5)6/h8-12,17,26,40H,7,13-16H2,1-6H3,(H,33,34)(H,35,36)/t26-/m0/s1. The maximum atomic E-state index is 14.2. The Labute approximate surface area is 239 Å². The summed E-state index contributed by atoms with van der Waals surface area (Å²) >= 11 is 0. The van der Waals surface area contributed by atoms with Gasteiger partial charge in [0, 0.05) is 37.5 Å². The van der Waals surface area contributed by atoms with Gasteiger partial charge in [0.25, 0.3) is 0 Å². The number of fused-ring (bicyclic) bond motifs is 2. The number of phenolic OH excluding ortho intramolecular Hbond substituents is 1. The quantitative estimate of drug-likeness (QED) is 0.325. The minimum atomic E-state index is -0.642. The van der Waals surface area contributed by atoms with E-state index in [-0.39, 0.29) is 29.3 Å². The molecule has 0 aliphatic carbocycles. The summed E-state index contributed by atoms with van der Waals surface area (Å²) in [4.78, 5) is 28.5. The Morgan fingerprint density at radius 2 is 2.00 bits per heavy atom. The Morgan fingerprint density at radius 3 is 2.68 bits per heavy atom. The van der Waals surface area contributed by atoms with Crippen LogP contribution in [0.3, 0.4) is 0 Å². The van der Waals surface area contributed by atoms with Crippen LogP contribution in [0.25, 0.3) is 33.5 Å². The minimum Gasteiger partial charge on any atom is -0.505 e. The molecule has 0 bridgehead atoms. The lowest BCUT2D eigenvalue weighted by Gasteiger charge is -2.53. The summed E-state index contributed by atoms with van der Waals surface area (Å²) < 4.78 is 14.2. The summed E-state index contributed by atoms with van der Waals surface area (Å²) in [6.07, 6.45) is 1.22. The zero-order valence-electron chi connectivity index (χ0n) is 24.5. The molecule has 9 nitrogen and oxygen atoms in total. The second-order valence-corrected chi connectivity index (χ2v) is 12.2. The molecule has 2 aliphatic rings. The number of halogens is 1. The van der Waals surface area contributed by atoms with E-state index in [0.29, 0.717) is 30.9 Å². The number of likely N-dealkylation sites (N-methyl/N-ethyl adjacent to an activating group) is 1. The lowest BCUT2D eigenvalue weighted by Crippen LogP contribution is -2.70. The van der Waals surface area contributed by atoms with Gasteiger partial charge in [0.2, 0.25) is 5.91 Å². The number of aromatic hydroxyl groups is 1. The molecule has 2 aromatic carbocycles. The molecule has 0 radical (unpaired) electrons. The highest BCUT2D eigenvalue weighted by Gasteiger charge is 2.47. The summed E-state index contributed by atoms with van der Waals surface area (Å²) in [5.41, 5.74) is 5.90. The number of nitrogens with one attached hydrogen (secondary N) is 2. The first-order chi connectivity index (χ1) is 19.5. The molecule has 1 saturated heterocycles. The third-order valence-corrected chi connectivity index (χ3v) is 9.05. The predicted octanol–water partition coefficient (Wildman–Crippen LogP) is 4.32. The number of carbonyl (C=O) groups excluding carboxylic acids is 1. The third kappa shape index (κ3) is 4.59. The van der Waals surface area contributed by atoms with Gasteiger partial charge in [0.15, 0.2) is 17.4 Å². The lowest BCUT2D eigenvalue weighted by atomic mass is 9.89. The van der Waals surface area contributed by atoms with Gasteiger partial charge < -0.3 is 19.9 Å². The van der Waals surface area contributed by atoms with Crippen LogP contribution in [-0.4, -0.2) is 90.7 Å². The van der Waals surface area contributed by atoms with Crippen LogP contribution in [0.1, 0.15) is 44.6 Å². The van der Waals surface area contributed by atoms with Crippen LogP contribution in [-0.2, 0) is 24.2 Å². The van der Waals surface area contributed by atoms with Crippen molar-refractivity contribution in [1.82, 2.24) is 34.9 Å². The maximum Gasteiger partial charge on any atom is 0.240 e. The van der Waals surface area contributed by atoms with Gasteiger partial charge in [-0.3, -0.25) is 14.8 Å². The van der Waals surface area contributed by atoms with E-state index in [1.54, 1.807) is 0 Å². The molecule has 216 valence electrons. The first-order valence-electron chi connectivity index (χ1n) is 14.3. The third-order valence-electron chi connectivity index (χ3n) is 9.05. The number of rotatable bonds is 6. The number of hydrogen-bond donors (Lipinski definition) is 3. The molecule has 2 aromatic heterocycles. The number of aromatic amines is 2. The SMILES string of the molecule is CCc1cc(O)c(F)cc1-c1ccc2c(-c3nc4c([nH]3)CN(C(C)C)[C@H](C(=O)N3CC(C)(N(C)C)C3)C4)n[nH]c2c1. The fraction of sp³-hybridized carbons (Fsp3) is 0.452. The van der Waals surface area contributed by atoms with Crippen molar-refractivity contribution in [3.63, 3.8) is 0 Å². The first-order valence-corrected chi connectivity index (χ1v) is 14.3. The number of nitrogens with zero attached hydrogens (tertiary/aromatic N) is 5. The Bertz CT molecular complexity index is 1630. The number of H-pyrrole nitrogens is 2. The number of amides is 1. The molecule has 4 aromatic rings. The minimum absolute atomic E-state index is 0.0209. The zero-order valence-corrected chi connectivity index (χ0v) is 24.5.